The molecule has 23 heavy (non-hydrogen) atoms. The Morgan fingerprint density at radius 1 is 0.696 bits per heavy atom. The molecule has 0 aliphatic rings. The zero-order valence-corrected chi connectivity index (χ0v) is 17.6. The van der Waals surface area contributed by atoms with Gasteiger partial charge in [0.15, 0.2) is 0 Å². The number of hydrogen-bond acceptors (Lipinski definition) is 2. The second kappa shape index (κ2) is 8.62. The Balaban J connectivity index is 2.16. The SMILES string of the molecule is CCCc1ccccc1[O][Sn]([CH3])([CH3])[O]c1ccccc1CCC. The molecule has 0 aliphatic carbocycles. The normalized spacial score (nSPS) is 11.3. The van der Waals surface area contributed by atoms with Crippen LogP contribution in [0.25, 0.3) is 0 Å². The molecule has 0 saturated carbocycles. The Kier molecular flexibility index (Phi) is 6.82. The number of para-hydroxylation sites is 2. The molecule has 0 saturated heterocycles. The molecule has 0 atom stereocenters. The average Bonchev–Trinajstić information content (AvgIpc) is 2.51. The van der Waals surface area contributed by atoms with E-state index in [4.69, 9.17) is 6.15 Å². The first-order valence-electron chi connectivity index (χ1n) is 8.59. The van der Waals surface area contributed by atoms with E-state index in [1.165, 1.54) is 11.1 Å². The van der Waals surface area contributed by atoms with E-state index < -0.39 is 19.2 Å². The van der Waals surface area contributed by atoms with Gasteiger partial charge in [-0.3, -0.25) is 0 Å². The molecule has 2 nitrogen and oxygen atoms in total. The summed E-state index contributed by atoms with van der Waals surface area (Å²) < 4.78 is 12.8. The molecule has 3 heteroatoms. The van der Waals surface area contributed by atoms with Gasteiger partial charge in [-0.05, 0) is 0 Å². The molecular formula is C20H28O2Sn. The summed E-state index contributed by atoms with van der Waals surface area (Å²) in [6.07, 6.45) is 4.34. The van der Waals surface area contributed by atoms with Gasteiger partial charge in [-0.25, -0.2) is 0 Å². The third-order valence-corrected chi connectivity index (χ3v) is 7.76. The first-order valence-corrected chi connectivity index (χ1v) is 16.6. The van der Waals surface area contributed by atoms with Crippen LogP contribution in [-0.4, -0.2) is 19.2 Å². The van der Waals surface area contributed by atoms with Crippen LogP contribution in [0.4, 0.5) is 0 Å². The zero-order valence-electron chi connectivity index (χ0n) is 14.8. The van der Waals surface area contributed by atoms with Crippen molar-refractivity contribution in [2.24, 2.45) is 0 Å². The number of aryl methyl sites for hydroxylation is 2. The summed E-state index contributed by atoms with van der Waals surface area (Å²) in [6, 6.07) is 16.7. The molecule has 124 valence electrons. The quantitative estimate of drug-likeness (QED) is 0.508. The van der Waals surface area contributed by atoms with E-state index in [2.05, 4.69) is 60.1 Å². The summed E-state index contributed by atoms with van der Waals surface area (Å²) in [6.45, 7) is 4.39. The summed E-state index contributed by atoms with van der Waals surface area (Å²) in [5, 5.41) is 0. The van der Waals surface area contributed by atoms with Crippen molar-refractivity contribution in [3.05, 3.63) is 59.7 Å². The van der Waals surface area contributed by atoms with Crippen LogP contribution in [0.15, 0.2) is 48.5 Å². The number of benzene rings is 2. The Morgan fingerprint density at radius 3 is 1.48 bits per heavy atom. The van der Waals surface area contributed by atoms with E-state index in [0.717, 1.165) is 37.2 Å². The molecule has 0 fully saturated rings. The van der Waals surface area contributed by atoms with Crippen LogP contribution in [0.5, 0.6) is 11.5 Å². The molecule has 2 aromatic carbocycles. The average molecular weight is 419 g/mol. The van der Waals surface area contributed by atoms with Crippen molar-refractivity contribution in [3.63, 3.8) is 0 Å². The van der Waals surface area contributed by atoms with E-state index >= 15 is 0 Å². The van der Waals surface area contributed by atoms with E-state index in [0.29, 0.717) is 0 Å². The fourth-order valence-electron chi connectivity index (χ4n) is 2.71. The van der Waals surface area contributed by atoms with Crippen LogP contribution >= 0.6 is 0 Å². The van der Waals surface area contributed by atoms with Crippen LogP contribution in [0.2, 0.25) is 9.88 Å². The molecule has 0 amide bonds. The van der Waals surface area contributed by atoms with E-state index in [-0.39, 0.29) is 0 Å². The molecule has 0 radical (unpaired) electrons. The Morgan fingerprint density at radius 2 is 1.09 bits per heavy atom. The van der Waals surface area contributed by atoms with Crippen LogP contribution in [-0.2, 0) is 12.8 Å². The molecule has 0 aromatic heterocycles. The Hall–Kier alpha value is -1.16. The fraction of sp³-hybridized carbons (Fsp3) is 0.400. The number of rotatable bonds is 8. The summed E-state index contributed by atoms with van der Waals surface area (Å²) >= 11 is -3.12. The Bertz CT molecular complexity index is 569. The van der Waals surface area contributed by atoms with Crippen LogP contribution in [0.1, 0.15) is 37.8 Å². The van der Waals surface area contributed by atoms with Crippen molar-refractivity contribution in [2.45, 2.75) is 49.4 Å². The fourth-order valence-corrected chi connectivity index (χ4v) is 6.99. The number of hydrogen-bond donors (Lipinski definition) is 0. The summed E-state index contributed by atoms with van der Waals surface area (Å²) in [5.74, 6) is 2.01. The molecule has 0 N–H and O–H groups in total. The van der Waals surface area contributed by atoms with Gasteiger partial charge in [0, 0.05) is 0 Å². The topological polar surface area (TPSA) is 18.5 Å². The minimum absolute atomic E-state index is 1.00. The third-order valence-electron chi connectivity index (χ3n) is 3.70. The zero-order chi connectivity index (χ0) is 16.7. The molecule has 0 spiro atoms. The van der Waals surface area contributed by atoms with Crippen molar-refractivity contribution >= 4 is 19.2 Å². The van der Waals surface area contributed by atoms with Gasteiger partial charge in [0.1, 0.15) is 0 Å². The summed E-state index contributed by atoms with van der Waals surface area (Å²) in [4.78, 5) is 4.36. The molecule has 0 aliphatic heterocycles. The van der Waals surface area contributed by atoms with Gasteiger partial charge in [0.05, 0.1) is 0 Å². The summed E-state index contributed by atoms with van der Waals surface area (Å²) in [7, 11) is 0. The molecule has 2 rings (SSSR count). The third kappa shape index (κ3) is 5.45. The van der Waals surface area contributed by atoms with Gasteiger partial charge in [-0.15, -0.1) is 0 Å². The maximum absolute atomic E-state index is 6.41. The van der Waals surface area contributed by atoms with Crippen molar-refractivity contribution < 1.29 is 6.15 Å². The van der Waals surface area contributed by atoms with E-state index in [9.17, 15) is 0 Å². The molecule has 2 aromatic rings. The van der Waals surface area contributed by atoms with Crippen molar-refractivity contribution in [1.82, 2.24) is 0 Å². The van der Waals surface area contributed by atoms with Crippen LogP contribution < -0.4 is 6.15 Å². The van der Waals surface area contributed by atoms with Crippen LogP contribution in [0.3, 0.4) is 0 Å². The first-order chi connectivity index (χ1) is 11.1. The molecule has 0 bridgehead atoms. The van der Waals surface area contributed by atoms with Gasteiger partial charge in [-0.1, -0.05) is 0 Å². The predicted octanol–water partition coefficient (Wildman–Crippen LogP) is 5.75. The Labute approximate surface area is 145 Å². The minimum atomic E-state index is -3.12. The predicted molar refractivity (Wildman–Crippen MR) is 99.6 cm³/mol. The van der Waals surface area contributed by atoms with Crippen molar-refractivity contribution in [3.8, 4) is 11.5 Å². The standard InChI is InChI=1S/2C9H12O.2CH3.Sn/c2*1-2-5-8-6-3-4-7-9(8)10;;;/h2*3-4,6-7,10H,2,5H2,1H3;2*1H3;/q;;;;+2/p-2. The first kappa shape index (κ1) is 18.2. The van der Waals surface area contributed by atoms with Gasteiger partial charge in [-0.2, -0.15) is 0 Å². The van der Waals surface area contributed by atoms with E-state index in [1.807, 2.05) is 12.1 Å². The van der Waals surface area contributed by atoms with Crippen molar-refractivity contribution in [1.29, 1.82) is 0 Å². The molecule has 0 unspecified atom stereocenters. The summed E-state index contributed by atoms with van der Waals surface area (Å²) in [5.41, 5.74) is 2.57. The second-order valence-electron chi connectivity index (χ2n) is 6.32. The van der Waals surface area contributed by atoms with E-state index in [1.54, 1.807) is 0 Å². The maximum atomic E-state index is 6.41. The molecular weight excluding hydrogens is 391 g/mol. The van der Waals surface area contributed by atoms with Gasteiger partial charge >= 0.3 is 146 Å². The monoisotopic (exact) mass is 420 g/mol. The van der Waals surface area contributed by atoms with Gasteiger partial charge in [0.25, 0.3) is 0 Å². The van der Waals surface area contributed by atoms with Crippen LogP contribution in [0, 0.1) is 0 Å². The van der Waals surface area contributed by atoms with Crippen molar-refractivity contribution in [2.75, 3.05) is 0 Å². The molecule has 0 heterocycles. The van der Waals surface area contributed by atoms with Gasteiger partial charge in [0.2, 0.25) is 0 Å². The second-order valence-corrected chi connectivity index (χ2v) is 15.5. The van der Waals surface area contributed by atoms with Gasteiger partial charge < -0.3 is 0 Å².